The highest BCUT2D eigenvalue weighted by molar-refractivity contribution is 5.64. The number of benzene rings is 3. The van der Waals surface area contributed by atoms with Crippen molar-refractivity contribution in [3.63, 3.8) is 0 Å². The minimum atomic E-state index is -4.37. The second-order valence-electron chi connectivity index (χ2n) is 10.3. The topological polar surface area (TPSA) is 45.6 Å². The molecule has 4 aromatic rings. The lowest BCUT2D eigenvalue weighted by molar-refractivity contribution is -0.137. The average molecular weight is 547 g/mol. The molecule has 1 aromatic heterocycles. The number of ether oxygens (including phenoxy) is 1. The molecule has 4 nitrogen and oxygen atoms in total. The first-order valence-electron chi connectivity index (χ1n) is 13.0. The summed E-state index contributed by atoms with van der Waals surface area (Å²) < 4.78 is 45.0. The molecule has 4 rings (SSSR count). The molecular weight excluding hydrogens is 513 g/mol. The van der Waals surface area contributed by atoms with Gasteiger partial charge in [0.25, 0.3) is 0 Å². The number of pyridine rings is 1. The third-order valence-corrected chi connectivity index (χ3v) is 6.77. The van der Waals surface area contributed by atoms with Gasteiger partial charge >= 0.3 is 6.18 Å². The molecular formula is C33H33F3N2O2. The number of aromatic nitrogens is 1. The molecule has 0 spiro atoms. The molecule has 1 N–H and O–H groups in total. The highest BCUT2D eigenvalue weighted by Gasteiger charge is 2.30. The number of anilines is 1. The van der Waals surface area contributed by atoms with Gasteiger partial charge in [-0.15, -0.1) is 0 Å². The Morgan fingerprint density at radius 2 is 1.45 bits per heavy atom. The van der Waals surface area contributed by atoms with Crippen molar-refractivity contribution in [1.29, 1.82) is 0 Å². The van der Waals surface area contributed by atoms with Crippen LogP contribution >= 0.6 is 0 Å². The fraction of sp³-hybridized carbons (Fsp3) is 0.242. The van der Waals surface area contributed by atoms with Crippen LogP contribution in [0, 0.1) is 6.92 Å². The van der Waals surface area contributed by atoms with Crippen molar-refractivity contribution in [2.24, 2.45) is 0 Å². The van der Waals surface area contributed by atoms with Crippen molar-refractivity contribution < 1.29 is 23.0 Å². The molecule has 0 aliphatic heterocycles. The number of aliphatic hydroxyl groups excluding tert-OH is 1. The highest BCUT2D eigenvalue weighted by atomic mass is 19.4. The van der Waals surface area contributed by atoms with E-state index >= 15 is 0 Å². The van der Waals surface area contributed by atoms with E-state index in [1.165, 1.54) is 17.7 Å². The molecule has 0 fully saturated rings. The highest BCUT2D eigenvalue weighted by Crippen LogP contribution is 2.30. The Bertz CT molecular complexity index is 1410. The van der Waals surface area contributed by atoms with Gasteiger partial charge in [-0.2, -0.15) is 13.2 Å². The summed E-state index contributed by atoms with van der Waals surface area (Å²) in [6, 6.07) is 25.0. The maximum absolute atomic E-state index is 13.1. The van der Waals surface area contributed by atoms with Gasteiger partial charge in [0.15, 0.2) is 5.60 Å². The van der Waals surface area contributed by atoms with E-state index in [-0.39, 0.29) is 5.76 Å². The summed E-state index contributed by atoms with van der Waals surface area (Å²) in [4.78, 5) is 6.77. The molecule has 0 saturated heterocycles. The van der Waals surface area contributed by atoms with E-state index in [0.29, 0.717) is 25.3 Å². The van der Waals surface area contributed by atoms with Crippen molar-refractivity contribution in [2.45, 2.75) is 45.5 Å². The number of nitrogens with zero attached hydrogens (tertiary/aromatic N) is 2. The van der Waals surface area contributed by atoms with Crippen molar-refractivity contribution in [3.05, 3.63) is 126 Å². The van der Waals surface area contributed by atoms with Crippen molar-refractivity contribution in [2.75, 3.05) is 11.4 Å². The molecule has 0 saturated carbocycles. The summed E-state index contributed by atoms with van der Waals surface area (Å²) >= 11 is 0. The fourth-order valence-corrected chi connectivity index (χ4v) is 4.13. The monoisotopic (exact) mass is 546 g/mol. The van der Waals surface area contributed by atoms with E-state index in [9.17, 15) is 18.3 Å². The Morgan fingerprint density at radius 3 is 2.00 bits per heavy atom. The Hall–Kier alpha value is -4.26. The van der Waals surface area contributed by atoms with Gasteiger partial charge in [0.05, 0.1) is 5.56 Å². The van der Waals surface area contributed by atoms with Crippen LogP contribution in [0.1, 0.15) is 36.1 Å². The predicted octanol–water partition coefficient (Wildman–Crippen LogP) is 8.55. The van der Waals surface area contributed by atoms with Crippen LogP contribution < -0.4 is 9.64 Å². The summed E-state index contributed by atoms with van der Waals surface area (Å²) in [7, 11) is 0. The van der Waals surface area contributed by atoms with Crippen LogP contribution in [0.3, 0.4) is 0 Å². The van der Waals surface area contributed by atoms with Gasteiger partial charge in [-0.3, -0.25) is 0 Å². The van der Waals surface area contributed by atoms with E-state index in [0.717, 1.165) is 40.2 Å². The Morgan fingerprint density at radius 1 is 0.850 bits per heavy atom. The zero-order valence-electron chi connectivity index (χ0n) is 22.9. The summed E-state index contributed by atoms with van der Waals surface area (Å²) in [6.45, 7) is 10.1. The first-order valence-corrected chi connectivity index (χ1v) is 13.0. The fourth-order valence-electron chi connectivity index (χ4n) is 4.13. The van der Waals surface area contributed by atoms with Crippen LogP contribution in [0.5, 0.6) is 5.75 Å². The average Bonchev–Trinajstić information content (AvgIpc) is 2.92. The Kier molecular flexibility index (Phi) is 8.52. The first-order chi connectivity index (χ1) is 18.9. The number of rotatable bonds is 10. The maximum atomic E-state index is 13.1. The lowest BCUT2D eigenvalue weighted by Gasteiger charge is -2.26. The summed E-state index contributed by atoms with van der Waals surface area (Å²) in [5.41, 5.74) is 3.47. The van der Waals surface area contributed by atoms with Crippen molar-refractivity contribution in [3.8, 4) is 16.9 Å². The lowest BCUT2D eigenvalue weighted by atomic mass is 10.1. The minimum absolute atomic E-state index is 0.0589. The van der Waals surface area contributed by atoms with E-state index in [4.69, 9.17) is 9.72 Å². The largest absolute Gasteiger partial charge is 0.509 e. The summed E-state index contributed by atoms with van der Waals surface area (Å²) in [5.74, 6) is 1.29. The van der Waals surface area contributed by atoms with Crippen LogP contribution in [0.25, 0.3) is 11.1 Å². The third-order valence-electron chi connectivity index (χ3n) is 6.77. The standard InChI is InChI=1S/C33H33F3N2O2/c1-23-5-11-27(12-6-23)28-13-18-31(37-21-28)38(22-26-7-14-29(15-8-26)33(34,35)36)20-19-25-9-16-30(17-10-25)40-32(3,4)24(2)39/h5-18,21,39H,2,19-20,22H2,1,3-4H3. The first kappa shape index (κ1) is 28.7. The van der Waals surface area contributed by atoms with E-state index in [1.54, 1.807) is 13.8 Å². The molecule has 7 heteroatoms. The quantitative estimate of drug-likeness (QED) is 0.203. The molecule has 0 amide bonds. The van der Waals surface area contributed by atoms with Crippen LogP contribution in [-0.4, -0.2) is 22.2 Å². The van der Waals surface area contributed by atoms with E-state index in [1.807, 2.05) is 49.5 Å². The van der Waals surface area contributed by atoms with Gasteiger partial charge in [-0.05, 0) is 80.3 Å². The van der Waals surface area contributed by atoms with E-state index < -0.39 is 17.3 Å². The van der Waals surface area contributed by atoms with Crippen LogP contribution in [0.4, 0.5) is 19.0 Å². The summed E-state index contributed by atoms with van der Waals surface area (Å²) in [6.07, 6.45) is -1.87. The molecule has 3 aromatic carbocycles. The van der Waals surface area contributed by atoms with Crippen molar-refractivity contribution in [1.82, 2.24) is 4.98 Å². The molecule has 40 heavy (non-hydrogen) atoms. The number of hydrogen-bond acceptors (Lipinski definition) is 4. The van der Waals surface area contributed by atoms with Crippen molar-refractivity contribution >= 4 is 5.82 Å². The zero-order valence-corrected chi connectivity index (χ0v) is 22.9. The molecule has 1 heterocycles. The maximum Gasteiger partial charge on any atom is 0.416 e. The summed E-state index contributed by atoms with van der Waals surface area (Å²) in [5, 5.41) is 9.73. The predicted molar refractivity (Wildman–Crippen MR) is 154 cm³/mol. The zero-order chi connectivity index (χ0) is 28.9. The number of hydrogen-bond donors (Lipinski definition) is 1. The van der Waals surface area contributed by atoms with Gasteiger partial charge in [-0.25, -0.2) is 4.98 Å². The third kappa shape index (κ3) is 7.44. The smallest absolute Gasteiger partial charge is 0.416 e. The molecule has 0 atom stereocenters. The normalized spacial score (nSPS) is 11.8. The molecule has 0 aliphatic rings. The number of halogens is 3. The van der Waals surface area contributed by atoms with Crippen LogP contribution in [-0.2, 0) is 19.1 Å². The second-order valence-corrected chi connectivity index (χ2v) is 10.3. The second kappa shape index (κ2) is 11.9. The molecule has 0 radical (unpaired) electrons. The Labute approximate surface area is 233 Å². The SMILES string of the molecule is C=C(O)C(C)(C)Oc1ccc(CCN(Cc2ccc(C(F)(F)F)cc2)c2ccc(-c3ccc(C)cc3)cn2)cc1. The van der Waals surface area contributed by atoms with Gasteiger partial charge in [-0.1, -0.05) is 60.7 Å². The van der Waals surface area contributed by atoms with Gasteiger partial charge < -0.3 is 14.7 Å². The van der Waals surface area contributed by atoms with Crippen LogP contribution in [0.15, 0.2) is 103 Å². The number of aryl methyl sites for hydroxylation is 1. The van der Waals surface area contributed by atoms with Gasteiger partial charge in [0, 0.05) is 24.8 Å². The molecule has 208 valence electrons. The number of alkyl halides is 3. The van der Waals surface area contributed by atoms with Gasteiger partial charge in [0.2, 0.25) is 0 Å². The minimum Gasteiger partial charge on any atom is -0.509 e. The molecule has 0 aliphatic carbocycles. The van der Waals surface area contributed by atoms with Gasteiger partial charge in [0.1, 0.15) is 17.3 Å². The lowest BCUT2D eigenvalue weighted by Crippen LogP contribution is -2.30. The van der Waals surface area contributed by atoms with E-state index in [2.05, 4.69) is 35.7 Å². The Balaban J connectivity index is 1.52. The number of aliphatic hydroxyl groups is 1. The van der Waals surface area contributed by atoms with Crippen LogP contribution in [0.2, 0.25) is 0 Å². The molecule has 0 unspecified atom stereocenters. The molecule has 0 bridgehead atoms.